The summed E-state index contributed by atoms with van der Waals surface area (Å²) in [6.45, 7) is -0.435. The van der Waals surface area contributed by atoms with Gasteiger partial charge in [-0.3, -0.25) is 4.79 Å². The molecule has 1 amide bonds. The highest BCUT2D eigenvalue weighted by atomic mass is 35.5. The molecule has 0 aliphatic heterocycles. The molecule has 0 bridgehead atoms. The Labute approximate surface area is 148 Å². The van der Waals surface area contributed by atoms with Gasteiger partial charge >= 0.3 is 0 Å². The molecule has 122 valence electrons. The van der Waals surface area contributed by atoms with Crippen molar-refractivity contribution in [2.24, 2.45) is 0 Å². The number of anilines is 1. The zero-order valence-electron chi connectivity index (χ0n) is 11.5. The summed E-state index contributed by atoms with van der Waals surface area (Å²) in [4.78, 5) is 11.8. The lowest BCUT2D eigenvalue weighted by Gasteiger charge is -2.08. The van der Waals surface area contributed by atoms with Crippen LogP contribution >= 0.6 is 34.8 Å². The van der Waals surface area contributed by atoms with Gasteiger partial charge in [-0.05, 0) is 42.5 Å². The largest absolute Gasteiger partial charge is 0.325 e. The quantitative estimate of drug-likeness (QED) is 0.815. The van der Waals surface area contributed by atoms with E-state index in [2.05, 4.69) is 10.0 Å². The first-order valence-electron chi connectivity index (χ1n) is 6.27. The zero-order chi connectivity index (χ0) is 17.0. The highest BCUT2D eigenvalue weighted by Crippen LogP contribution is 2.22. The van der Waals surface area contributed by atoms with Gasteiger partial charge in [0, 0.05) is 20.8 Å². The van der Waals surface area contributed by atoms with E-state index in [4.69, 9.17) is 34.8 Å². The van der Waals surface area contributed by atoms with Crippen molar-refractivity contribution in [2.45, 2.75) is 4.90 Å². The molecular weight excluding hydrogens is 383 g/mol. The Balaban J connectivity index is 1.99. The van der Waals surface area contributed by atoms with Gasteiger partial charge < -0.3 is 5.32 Å². The van der Waals surface area contributed by atoms with Crippen molar-refractivity contribution in [3.63, 3.8) is 0 Å². The second kappa shape index (κ2) is 7.51. The standard InChI is InChI=1S/C14H11Cl3N2O3S/c15-9-1-3-13(4-2-9)23(21,22)18-8-14(20)19-12-6-10(16)5-11(17)7-12/h1-7,18H,8H2,(H,19,20). The van der Waals surface area contributed by atoms with E-state index in [-0.39, 0.29) is 4.90 Å². The van der Waals surface area contributed by atoms with Crippen molar-refractivity contribution in [3.8, 4) is 0 Å². The maximum Gasteiger partial charge on any atom is 0.241 e. The van der Waals surface area contributed by atoms with Gasteiger partial charge in [-0.25, -0.2) is 13.1 Å². The van der Waals surface area contributed by atoms with Crippen molar-refractivity contribution < 1.29 is 13.2 Å². The van der Waals surface area contributed by atoms with Gasteiger partial charge in [0.05, 0.1) is 11.4 Å². The first-order valence-corrected chi connectivity index (χ1v) is 8.89. The van der Waals surface area contributed by atoms with Gasteiger partial charge in [-0.15, -0.1) is 0 Å². The lowest BCUT2D eigenvalue weighted by Crippen LogP contribution is -2.32. The first kappa shape index (κ1) is 18.0. The Kier molecular flexibility index (Phi) is 5.89. The molecule has 23 heavy (non-hydrogen) atoms. The number of carbonyl (C=O) groups excluding carboxylic acids is 1. The molecule has 0 aliphatic carbocycles. The summed E-state index contributed by atoms with van der Waals surface area (Å²) in [5.74, 6) is -0.555. The molecule has 0 aliphatic rings. The minimum atomic E-state index is -3.80. The predicted molar refractivity (Wildman–Crippen MR) is 91.7 cm³/mol. The Morgan fingerprint density at radius 2 is 1.48 bits per heavy atom. The molecule has 0 aromatic heterocycles. The van der Waals surface area contributed by atoms with Gasteiger partial charge in [0.1, 0.15) is 0 Å². The third kappa shape index (κ3) is 5.37. The number of sulfonamides is 1. The highest BCUT2D eigenvalue weighted by molar-refractivity contribution is 7.89. The van der Waals surface area contributed by atoms with Crippen molar-refractivity contribution >= 4 is 56.4 Å². The van der Waals surface area contributed by atoms with E-state index in [1.54, 1.807) is 0 Å². The molecule has 0 atom stereocenters. The van der Waals surface area contributed by atoms with Crippen LogP contribution in [0.25, 0.3) is 0 Å². The SMILES string of the molecule is O=C(CNS(=O)(=O)c1ccc(Cl)cc1)Nc1cc(Cl)cc(Cl)c1. The molecule has 9 heteroatoms. The number of hydrogen-bond donors (Lipinski definition) is 2. The highest BCUT2D eigenvalue weighted by Gasteiger charge is 2.15. The fourth-order valence-electron chi connectivity index (χ4n) is 1.69. The molecule has 0 saturated carbocycles. The summed E-state index contributed by atoms with van der Waals surface area (Å²) in [6.07, 6.45) is 0. The van der Waals surface area contributed by atoms with E-state index in [1.165, 1.54) is 42.5 Å². The van der Waals surface area contributed by atoms with Crippen molar-refractivity contribution in [1.82, 2.24) is 4.72 Å². The maximum atomic E-state index is 12.0. The fourth-order valence-corrected chi connectivity index (χ4v) is 3.32. The molecule has 2 aromatic rings. The number of benzene rings is 2. The van der Waals surface area contributed by atoms with Crippen LogP contribution in [0.4, 0.5) is 5.69 Å². The van der Waals surface area contributed by atoms with E-state index >= 15 is 0 Å². The number of nitrogens with one attached hydrogen (secondary N) is 2. The Morgan fingerprint density at radius 1 is 0.913 bits per heavy atom. The van der Waals surface area contributed by atoms with Crippen LogP contribution in [0.5, 0.6) is 0 Å². The van der Waals surface area contributed by atoms with Gasteiger partial charge in [0.25, 0.3) is 0 Å². The molecule has 2 rings (SSSR count). The van der Waals surface area contributed by atoms with Crippen LogP contribution in [0.2, 0.25) is 15.1 Å². The molecule has 2 N–H and O–H groups in total. The molecule has 5 nitrogen and oxygen atoms in total. The second-order valence-electron chi connectivity index (χ2n) is 4.48. The minimum Gasteiger partial charge on any atom is -0.325 e. The predicted octanol–water partition coefficient (Wildman–Crippen LogP) is 3.56. The van der Waals surface area contributed by atoms with Crippen LogP contribution in [0, 0.1) is 0 Å². The molecule has 0 heterocycles. The first-order chi connectivity index (χ1) is 10.8. The van der Waals surface area contributed by atoms with Crippen LogP contribution in [-0.4, -0.2) is 20.9 Å². The molecule has 0 saturated heterocycles. The molecule has 0 spiro atoms. The lowest BCUT2D eigenvalue weighted by molar-refractivity contribution is -0.115. The molecular formula is C14H11Cl3N2O3S. The Hall–Kier alpha value is -1.31. The Bertz CT molecular complexity index is 803. The fraction of sp³-hybridized carbons (Fsp3) is 0.0714. The average Bonchev–Trinajstić information content (AvgIpc) is 2.44. The summed E-state index contributed by atoms with van der Waals surface area (Å²) in [6, 6.07) is 10.1. The normalized spacial score (nSPS) is 11.3. The number of carbonyl (C=O) groups is 1. The van der Waals surface area contributed by atoms with Crippen LogP contribution in [-0.2, 0) is 14.8 Å². The van der Waals surface area contributed by atoms with E-state index in [1.807, 2.05) is 0 Å². The monoisotopic (exact) mass is 392 g/mol. The van der Waals surface area contributed by atoms with E-state index in [9.17, 15) is 13.2 Å². The summed E-state index contributed by atoms with van der Waals surface area (Å²) in [5.41, 5.74) is 0.373. The molecule has 0 fully saturated rings. The van der Waals surface area contributed by atoms with E-state index in [0.29, 0.717) is 20.8 Å². The number of rotatable bonds is 5. The number of halogens is 3. The van der Waals surface area contributed by atoms with Crippen LogP contribution in [0.15, 0.2) is 47.4 Å². The van der Waals surface area contributed by atoms with Crippen molar-refractivity contribution in [1.29, 1.82) is 0 Å². The smallest absolute Gasteiger partial charge is 0.241 e. The zero-order valence-corrected chi connectivity index (χ0v) is 14.6. The van der Waals surface area contributed by atoms with Gasteiger partial charge in [0.15, 0.2) is 0 Å². The summed E-state index contributed by atoms with van der Waals surface area (Å²) < 4.78 is 26.3. The lowest BCUT2D eigenvalue weighted by atomic mass is 10.3. The van der Waals surface area contributed by atoms with Gasteiger partial charge in [-0.2, -0.15) is 0 Å². The van der Waals surface area contributed by atoms with Crippen LogP contribution < -0.4 is 10.0 Å². The van der Waals surface area contributed by atoms with Crippen LogP contribution in [0.3, 0.4) is 0 Å². The number of amides is 1. The molecule has 0 radical (unpaired) electrons. The third-order valence-electron chi connectivity index (χ3n) is 2.69. The van der Waals surface area contributed by atoms with Crippen molar-refractivity contribution in [3.05, 3.63) is 57.5 Å². The molecule has 2 aromatic carbocycles. The summed E-state index contributed by atoms with van der Waals surface area (Å²) >= 11 is 17.3. The van der Waals surface area contributed by atoms with Crippen LogP contribution in [0.1, 0.15) is 0 Å². The summed E-state index contributed by atoms with van der Waals surface area (Å²) in [7, 11) is -3.80. The average molecular weight is 394 g/mol. The van der Waals surface area contributed by atoms with Gasteiger partial charge in [0.2, 0.25) is 15.9 Å². The number of hydrogen-bond acceptors (Lipinski definition) is 3. The van der Waals surface area contributed by atoms with Crippen molar-refractivity contribution in [2.75, 3.05) is 11.9 Å². The minimum absolute atomic E-state index is 0.0144. The second-order valence-corrected chi connectivity index (χ2v) is 7.56. The maximum absolute atomic E-state index is 12.0. The topological polar surface area (TPSA) is 75.3 Å². The van der Waals surface area contributed by atoms with E-state index in [0.717, 1.165) is 0 Å². The van der Waals surface area contributed by atoms with E-state index < -0.39 is 22.5 Å². The molecule has 0 unspecified atom stereocenters. The Morgan fingerprint density at radius 3 is 2.04 bits per heavy atom. The third-order valence-corrected chi connectivity index (χ3v) is 4.80. The summed E-state index contributed by atoms with van der Waals surface area (Å²) in [5, 5.41) is 3.63. The van der Waals surface area contributed by atoms with Gasteiger partial charge in [-0.1, -0.05) is 34.8 Å².